The minimum absolute atomic E-state index is 0.130. The number of hydrogen-bond acceptors (Lipinski definition) is 5. The summed E-state index contributed by atoms with van der Waals surface area (Å²) in [6.45, 7) is 7.84. The van der Waals surface area contributed by atoms with Crippen LogP contribution in [0.25, 0.3) is 0 Å². The van der Waals surface area contributed by atoms with Crippen LogP contribution >= 0.6 is 0 Å². The van der Waals surface area contributed by atoms with Gasteiger partial charge in [0, 0.05) is 46.1 Å². The topological polar surface area (TPSA) is 65.5 Å². The summed E-state index contributed by atoms with van der Waals surface area (Å²) in [6, 6.07) is 0.499. The molecular weight excluding hydrogens is 256 g/mol. The lowest BCUT2D eigenvalue weighted by molar-refractivity contribution is 0.0865. The second-order valence-corrected chi connectivity index (χ2v) is 5.09. The summed E-state index contributed by atoms with van der Waals surface area (Å²) in [5.41, 5.74) is 7.16. The van der Waals surface area contributed by atoms with Crippen molar-refractivity contribution in [2.45, 2.75) is 25.9 Å². The van der Waals surface area contributed by atoms with Gasteiger partial charge in [0.1, 0.15) is 0 Å². The number of ether oxygens (including phenoxy) is 2. The molecule has 6 heteroatoms. The number of nitrogens with zero attached hydrogens (tertiary/aromatic N) is 3. The number of rotatable bonds is 10. The summed E-state index contributed by atoms with van der Waals surface area (Å²) in [7, 11) is 3.43. The molecule has 1 atom stereocenters. The normalized spacial score (nSPS) is 13.3. The van der Waals surface area contributed by atoms with Crippen molar-refractivity contribution in [3.05, 3.63) is 18.2 Å². The second-order valence-electron chi connectivity index (χ2n) is 5.09. The van der Waals surface area contributed by atoms with Gasteiger partial charge in [-0.15, -0.1) is 0 Å². The monoisotopic (exact) mass is 284 g/mol. The van der Waals surface area contributed by atoms with Gasteiger partial charge in [0.25, 0.3) is 0 Å². The van der Waals surface area contributed by atoms with Crippen LogP contribution in [0.3, 0.4) is 0 Å². The van der Waals surface area contributed by atoms with E-state index in [1.807, 2.05) is 12.5 Å². The van der Waals surface area contributed by atoms with Crippen molar-refractivity contribution in [1.82, 2.24) is 14.5 Å². The molecule has 2 N–H and O–H groups in total. The Labute approximate surface area is 121 Å². The summed E-state index contributed by atoms with van der Waals surface area (Å²) in [5, 5.41) is 0. The molecule has 20 heavy (non-hydrogen) atoms. The molecule has 0 aliphatic heterocycles. The van der Waals surface area contributed by atoms with Gasteiger partial charge in [-0.1, -0.05) is 0 Å². The highest BCUT2D eigenvalue weighted by Crippen LogP contribution is 2.22. The zero-order valence-electron chi connectivity index (χ0n) is 13.1. The van der Waals surface area contributed by atoms with Crippen molar-refractivity contribution in [3.63, 3.8) is 0 Å². The van der Waals surface area contributed by atoms with Gasteiger partial charge < -0.3 is 19.8 Å². The molecule has 0 amide bonds. The maximum atomic E-state index is 6.01. The first kappa shape index (κ1) is 17.1. The smallest absolute Gasteiger partial charge is 0.0951 e. The number of nitrogens with two attached hydrogens (primary N) is 1. The van der Waals surface area contributed by atoms with Crippen molar-refractivity contribution >= 4 is 0 Å². The van der Waals surface area contributed by atoms with E-state index in [0.29, 0.717) is 25.8 Å². The van der Waals surface area contributed by atoms with Crippen molar-refractivity contribution < 1.29 is 9.47 Å². The quantitative estimate of drug-likeness (QED) is 0.696. The van der Waals surface area contributed by atoms with Crippen LogP contribution in [0.2, 0.25) is 0 Å². The van der Waals surface area contributed by atoms with Crippen molar-refractivity contribution in [2.75, 3.05) is 47.1 Å². The molecule has 0 saturated carbocycles. The van der Waals surface area contributed by atoms with E-state index in [-0.39, 0.29) is 6.04 Å². The molecule has 0 spiro atoms. The zero-order valence-corrected chi connectivity index (χ0v) is 13.1. The van der Waals surface area contributed by atoms with E-state index >= 15 is 0 Å². The maximum Gasteiger partial charge on any atom is 0.0951 e. The second kappa shape index (κ2) is 9.07. The average Bonchev–Trinajstić information content (AvgIpc) is 2.91. The third-order valence-electron chi connectivity index (χ3n) is 3.42. The van der Waals surface area contributed by atoms with Gasteiger partial charge in [-0.05, 0) is 13.8 Å². The van der Waals surface area contributed by atoms with Crippen LogP contribution in [-0.4, -0.2) is 61.5 Å². The molecule has 0 saturated heterocycles. The first-order chi connectivity index (χ1) is 9.65. The lowest BCUT2D eigenvalue weighted by Crippen LogP contribution is -2.39. The van der Waals surface area contributed by atoms with Gasteiger partial charge in [0.05, 0.1) is 31.3 Å². The van der Waals surface area contributed by atoms with E-state index in [2.05, 4.69) is 28.3 Å². The lowest BCUT2D eigenvalue weighted by Gasteiger charge is -2.31. The van der Waals surface area contributed by atoms with Crippen LogP contribution in [0.1, 0.15) is 31.6 Å². The first-order valence-electron chi connectivity index (χ1n) is 7.09. The fourth-order valence-corrected chi connectivity index (χ4v) is 2.30. The molecule has 1 unspecified atom stereocenters. The van der Waals surface area contributed by atoms with Crippen LogP contribution in [0, 0.1) is 0 Å². The van der Waals surface area contributed by atoms with Crippen molar-refractivity contribution in [2.24, 2.45) is 5.73 Å². The lowest BCUT2D eigenvalue weighted by atomic mass is 10.1. The molecule has 1 heterocycles. The molecule has 1 aromatic rings. The Morgan fingerprint density at radius 2 is 1.85 bits per heavy atom. The van der Waals surface area contributed by atoms with Gasteiger partial charge in [-0.3, -0.25) is 4.90 Å². The van der Waals surface area contributed by atoms with E-state index < -0.39 is 0 Å². The fourth-order valence-electron chi connectivity index (χ4n) is 2.30. The average molecular weight is 284 g/mol. The maximum absolute atomic E-state index is 6.01. The Bertz CT molecular complexity index is 360. The van der Waals surface area contributed by atoms with Gasteiger partial charge in [0.15, 0.2) is 0 Å². The first-order valence-corrected chi connectivity index (χ1v) is 7.09. The standard InChI is InChI=1S/C14H28N4O2/c1-12(2)18-11-16-10-14(18)13(9-15)17(5-7-19-3)6-8-20-4/h10-13H,5-9,15H2,1-4H3. The summed E-state index contributed by atoms with van der Waals surface area (Å²) in [4.78, 5) is 6.57. The van der Waals surface area contributed by atoms with Gasteiger partial charge in [-0.25, -0.2) is 4.98 Å². The van der Waals surface area contributed by atoms with E-state index in [9.17, 15) is 0 Å². The van der Waals surface area contributed by atoms with Crippen LogP contribution in [0.5, 0.6) is 0 Å². The third kappa shape index (κ3) is 4.56. The number of aromatic nitrogens is 2. The van der Waals surface area contributed by atoms with E-state index in [1.165, 1.54) is 0 Å². The highest BCUT2D eigenvalue weighted by Gasteiger charge is 2.22. The Hall–Kier alpha value is -0.950. The molecule has 0 aliphatic rings. The summed E-state index contributed by atoms with van der Waals surface area (Å²) in [5.74, 6) is 0. The SMILES string of the molecule is COCCN(CCOC)C(CN)c1cncn1C(C)C. The fraction of sp³-hybridized carbons (Fsp3) is 0.786. The molecule has 1 aromatic heterocycles. The number of methoxy groups -OCH3 is 2. The van der Waals surface area contributed by atoms with Crippen LogP contribution in [-0.2, 0) is 9.47 Å². The summed E-state index contributed by atoms with van der Waals surface area (Å²) < 4.78 is 12.6. The highest BCUT2D eigenvalue weighted by molar-refractivity contribution is 5.07. The molecular formula is C14H28N4O2. The molecule has 0 aliphatic carbocycles. The minimum atomic E-state index is 0.130. The Balaban J connectivity index is 2.89. The predicted molar refractivity (Wildman–Crippen MR) is 79.7 cm³/mol. The van der Waals surface area contributed by atoms with Gasteiger partial charge in [0.2, 0.25) is 0 Å². The van der Waals surface area contributed by atoms with Crippen LogP contribution in [0.15, 0.2) is 12.5 Å². The van der Waals surface area contributed by atoms with E-state index in [0.717, 1.165) is 18.8 Å². The number of hydrogen-bond donors (Lipinski definition) is 1. The number of imidazole rings is 1. The zero-order chi connectivity index (χ0) is 15.0. The van der Waals surface area contributed by atoms with Gasteiger partial charge in [-0.2, -0.15) is 0 Å². The third-order valence-corrected chi connectivity index (χ3v) is 3.42. The molecule has 0 aromatic carbocycles. The van der Waals surface area contributed by atoms with Crippen molar-refractivity contribution in [1.29, 1.82) is 0 Å². The summed E-state index contributed by atoms with van der Waals surface area (Å²) >= 11 is 0. The summed E-state index contributed by atoms with van der Waals surface area (Å²) in [6.07, 6.45) is 3.78. The van der Waals surface area contributed by atoms with Crippen molar-refractivity contribution in [3.8, 4) is 0 Å². The van der Waals surface area contributed by atoms with Gasteiger partial charge >= 0.3 is 0 Å². The van der Waals surface area contributed by atoms with Crippen LogP contribution in [0.4, 0.5) is 0 Å². The molecule has 1 rings (SSSR count). The van der Waals surface area contributed by atoms with E-state index in [4.69, 9.17) is 15.2 Å². The molecule has 0 fully saturated rings. The predicted octanol–water partition coefficient (Wildman–Crippen LogP) is 1.06. The largest absolute Gasteiger partial charge is 0.383 e. The molecule has 0 bridgehead atoms. The minimum Gasteiger partial charge on any atom is -0.383 e. The molecule has 116 valence electrons. The Morgan fingerprint density at radius 1 is 1.25 bits per heavy atom. The Morgan fingerprint density at radius 3 is 2.30 bits per heavy atom. The highest BCUT2D eigenvalue weighted by atomic mass is 16.5. The van der Waals surface area contributed by atoms with E-state index in [1.54, 1.807) is 14.2 Å². The molecule has 0 radical (unpaired) electrons. The van der Waals surface area contributed by atoms with Crippen LogP contribution < -0.4 is 5.73 Å². The Kier molecular flexibility index (Phi) is 7.76. The molecule has 6 nitrogen and oxygen atoms in total.